The molecule has 0 amide bonds. The summed E-state index contributed by atoms with van der Waals surface area (Å²) in [6.45, 7) is 5.09. The molecule has 1 aliphatic rings. The SMILES string of the molecule is CCc1ccc(C2CN(S(=O)(=O)c3ccccc3C)CCO2)cc1. The molecule has 1 saturated heterocycles. The van der Waals surface area contributed by atoms with Gasteiger partial charge in [0.25, 0.3) is 0 Å². The van der Waals surface area contributed by atoms with Gasteiger partial charge in [-0.15, -0.1) is 0 Å². The predicted molar refractivity (Wildman–Crippen MR) is 94.5 cm³/mol. The van der Waals surface area contributed by atoms with E-state index in [9.17, 15) is 8.42 Å². The van der Waals surface area contributed by atoms with E-state index in [1.165, 1.54) is 9.87 Å². The smallest absolute Gasteiger partial charge is 0.243 e. The number of hydrogen-bond acceptors (Lipinski definition) is 3. The van der Waals surface area contributed by atoms with E-state index in [4.69, 9.17) is 4.74 Å². The van der Waals surface area contributed by atoms with Crippen LogP contribution in [0.1, 0.15) is 29.7 Å². The quantitative estimate of drug-likeness (QED) is 0.854. The molecule has 0 N–H and O–H groups in total. The Kier molecular flexibility index (Phi) is 5.04. The Morgan fingerprint density at radius 2 is 1.83 bits per heavy atom. The van der Waals surface area contributed by atoms with Crippen LogP contribution in [0.2, 0.25) is 0 Å². The van der Waals surface area contributed by atoms with Gasteiger partial charge >= 0.3 is 0 Å². The molecule has 2 aromatic carbocycles. The summed E-state index contributed by atoms with van der Waals surface area (Å²) in [6.07, 6.45) is 0.767. The van der Waals surface area contributed by atoms with E-state index >= 15 is 0 Å². The number of hydrogen-bond donors (Lipinski definition) is 0. The molecule has 1 heterocycles. The van der Waals surface area contributed by atoms with Gasteiger partial charge in [-0.05, 0) is 36.1 Å². The van der Waals surface area contributed by atoms with Crippen molar-refractivity contribution >= 4 is 10.0 Å². The molecule has 0 bridgehead atoms. The molecular weight excluding hydrogens is 322 g/mol. The maximum absolute atomic E-state index is 13.0. The average molecular weight is 345 g/mol. The van der Waals surface area contributed by atoms with Crippen LogP contribution in [0.4, 0.5) is 0 Å². The summed E-state index contributed by atoms with van der Waals surface area (Å²) in [5.41, 5.74) is 3.06. The highest BCUT2D eigenvalue weighted by atomic mass is 32.2. The molecule has 1 unspecified atom stereocenters. The largest absolute Gasteiger partial charge is 0.371 e. The second kappa shape index (κ2) is 7.05. The van der Waals surface area contributed by atoms with Crippen molar-refractivity contribution in [2.24, 2.45) is 0 Å². The number of ether oxygens (including phenoxy) is 1. The Morgan fingerprint density at radius 3 is 2.50 bits per heavy atom. The van der Waals surface area contributed by atoms with Crippen LogP contribution >= 0.6 is 0 Å². The van der Waals surface area contributed by atoms with E-state index in [1.807, 2.05) is 31.2 Å². The third-order valence-electron chi connectivity index (χ3n) is 4.50. The lowest BCUT2D eigenvalue weighted by molar-refractivity contribution is -0.00257. The second-order valence-corrected chi connectivity index (χ2v) is 7.99. The topological polar surface area (TPSA) is 46.6 Å². The van der Waals surface area contributed by atoms with Gasteiger partial charge in [0, 0.05) is 13.1 Å². The first-order valence-electron chi connectivity index (χ1n) is 8.28. The van der Waals surface area contributed by atoms with E-state index < -0.39 is 10.0 Å². The molecule has 1 atom stereocenters. The van der Waals surface area contributed by atoms with Gasteiger partial charge in [0.15, 0.2) is 0 Å². The van der Waals surface area contributed by atoms with Gasteiger partial charge in [-0.1, -0.05) is 49.4 Å². The van der Waals surface area contributed by atoms with Crippen molar-refractivity contribution in [2.45, 2.75) is 31.3 Å². The number of rotatable bonds is 4. The maximum Gasteiger partial charge on any atom is 0.243 e. The summed E-state index contributed by atoms with van der Waals surface area (Å²) in [4.78, 5) is 0.381. The summed E-state index contributed by atoms with van der Waals surface area (Å²) in [7, 11) is -3.49. The van der Waals surface area contributed by atoms with Gasteiger partial charge < -0.3 is 4.74 Å². The summed E-state index contributed by atoms with van der Waals surface area (Å²) in [6, 6.07) is 15.3. The van der Waals surface area contributed by atoms with Crippen molar-refractivity contribution in [3.8, 4) is 0 Å². The van der Waals surface area contributed by atoms with Gasteiger partial charge in [-0.2, -0.15) is 4.31 Å². The van der Waals surface area contributed by atoms with Gasteiger partial charge in [-0.3, -0.25) is 0 Å². The molecule has 4 nitrogen and oxygen atoms in total. The van der Waals surface area contributed by atoms with E-state index in [0.717, 1.165) is 17.5 Å². The molecule has 0 saturated carbocycles. The Labute approximate surface area is 144 Å². The lowest BCUT2D eigenvalue weighted by atomic mass is 10.1. The molecule has 0 radical (unpaired) electrons. The van der Waals surface area contributed by atoms with Gasteiger partial charge in [0.2, 0.25) is 10.0 Å². The van der Waals surface area contributed by atoms with E-state index in [2.05, 4.69) is 19.1 Å². The Balaban J connectivity index is 1.83. The Hall–Kier alpha value is -1.69. The highest BCUT2D eigenvalue weighted by Crippen LogP contribution is 2.27. The lowest BCUT2D eigenvalue weighted by Crippen LogP contribution is -2.42. The lowest BCUT2D eigenvalue weighted by Gasteiger charge is -2.32. The van der Waals surface area contributed by atoms with Crippen molar-refractivity contribution in [1.82, 2.24) is 4.31 Å². The van der Waals surface area contributed by atoms with Crippen LogP contribution in [-0.2, 0) is 21.2 Å². The summed E-state index contributed by atoms with van der Waals surface area (Å²) < 4.78 is 33.3. The zero-order valence-electron chi connectivity index (χ0n) is 14.1. The Bertz CT molecular complexity index is 800. The zero-order valence-corrected chi connectivity index (χ0v) is 14.9. The second-order valence-electron chi connectivity index (χ2n) is 6.08. The molecular formula is C19H23NO3S. The van der Waals surface area contributed by atoms with Gasteiger partial charge in [-0.25, -0.2) is 8.42 Å². The number of nitrogens with zero attached hydrogens (tertiary/aromatic N) is 1. The molecule has 1 aliphatic heterocycles. The highest BCUT2D eigenvalue weighted by molar-refractivity contribution is 7.89. The van der Waals surface area contributed by atoms with Gasteiger partial charge in [0.1, 0.15) is 0 Å². The first-order valence-corrected chi connectivity index (χ1v) is 9.72. The summed E-state index contributed by atoms with van der Waals surface area (Å²) >= 11 is 0. The van der Waals surface area contributed by atoms with Crippen LogP contribution in [0.25, 0.3) is 0 Å². The minimum Gasteiger partial charge on any atom is -0.371 e. The normalized spacial score (nSPS) is 19.3. The first kappa shape index (κ1) is 17.1. The van der Waals surface area contributed by atoms with Crippen molar-refractivity contribution in [1.29, 1.82) is 0 Å². The molecule has 0 aliphatic carbocycles. The van der Waals surface area contributed by atoms with Crippen molar-refractivity contribution in [3.05, 3.63) is 65.2 Å². The molecule has 1 fully saturated rings. The fourth-order valence-electron chi connectivity index (χ4n) is 3.00. The van der Waals surface area contributed by atoms with Crippen LogP contribution < -0.4 is 0 Å². The molecule has 24 heavy (non-hydrogen) atoms. The van der Waals surface area contributed by atoms with Crippen molar-refractivity contribution in [3.63, 3.8) is 0 Å². The van der Waals surface area contributed by atoms with Crippen LogP contribution in [0.5, 0.6) is 0 Å². The zero-order chi connectivity index (χ0) is 17.2. The van der Waals surface area contributed by atoms with Gasteiger partial charge in [0.05, 0.1) is 17.6 Å². The molecule has 5 heteroatoms. The van der Waals surface area contributed by atoms with E-state index in [1.54, 1.807) is 12.1 Å². The van der Waals surface area contributed by atoms with Crippen LogP contribution in [0.15, 0.2) is 53.4 Å². The number of sulfonamides is 1. The third-order valence-corrected chi connectivity index (χ3v) is 6.53. The number of benzene rings is 2. The fraction of sp³-hybridized carbons (Fsp3) is 0.368. The molecule has 0 spiro atoms. The maximum atomic E-state index is 13.0. The molecule has 3 rings (SSSR count). The van der Waals surface area contributed by atoms with Crippen molar-refractivity contribution in [2.75, 3.05) is 19.7 Å². The standard InChI is InChI=1S/C19H23NO3S/c1-3-16-8-10-17(11-9-16)18-14-20(12-13-23-18)24(21,22)19-7-5-4-6-15(19)2/h4-11,18H,3,12-14H2,1-2H3. The van der Waals surface area contributed by atoms with Crippen LogP contribution in [-0.4, -0.2) is 32.4 Å². The number of aryl methyl sites for hydroxylation is 2. The number of morpholine rings is 1. The van der Waals surface area contributed by atoms with E-state index in [0.29, 0.717) is 24.6 Å². The van der Waals surface area contributed by atoms with Crippen LogP contribution in [0, 0.1) is 6.92 Å². The summed E-state index contributed by atoms with van der Waals surface area (Å²) in [5, 5.41) is 0. The third kappa shape index (κ3) is 3.38. The summed E-state index contributed by atoms with van der Waals surface area (Å²) in [5.74, 6) is 0. The molecule has 2 aromatic rings. The van der Waals surface area contributed by atoms with Crippen LogP contribution in [0.3, 0.4) is 0 Å². The fourth-order valence-corrected chi connectivity index (χ4v) is 4.65. The highest BCUT2D eigenvalue weighted by Gasteiger charge is 2.32. The van der Waals surface area contributed by atoms with Crippen molar-refractivity contribution < 1.29 is 13.2 Å². The Morgan fingerprint density at radius 1 is 1.12 bits per heavy atom. The monoisotopic (exact) mass is 345 g/mol. The molecule has 128 valence electrons. The minimum absolute atomic E-state index is 0.219. The predicted octanol–water partition coefficient (Wildman–Crippen LogP) is 3.32. The van der Waals surface area contributed by atoms with E-state index in [-0.39, 0.29) is 6.10 Å². The molecule has 0 aromatic heterocycles. The average Bonchev–Trinajstić information content (AvgIpc) is 2.62. The first-order chi connectivity index (χ1) is 11.5. The minimum atomic E-state index is -3.49.